The molecule has 1 fully saturated rings. The van der Waals surface area contributed by atoms with E-state index in [0.29, 0.717) is 13.0 Å². The van der Waals surface area contributed by atoms with Crippen molar-refractivity contribution >= 4 is 34.8 Å². The second kappa shape index (κ2) is 6.09. The Balaban J connectivity index is 2.19. The van der Waals surface area contributed by atoms with E-state index in [2.05, 4.69) is 5.32 Å². The number of anilines is 1. The average molecular weight is 312 g/mol. The van der Waals surface area contributed by atoms with E-state index in [0.717, 1.165) is 0 Å². The van der Waals surface area contributed by atoms with Gasteiger partial charge in [-0.2, -0.15) is 0 Å². The lowest BCUT2D eigenvalue weighted by Crippen LogP contribution is -2.35. The predicted molar refractivity (Wildman–Crippen MR) is 77.1 cm³/mol. The average Bonchev–Trinajstić information content (AvgIpc) is 2.69. The van der Waals surface area contributed by atoms with Gasteiger partial charge in [0.15, 0.2) is 0 Å². The van der Waals surface area contributed by atoms with Crippen molar-refractivity contribution in [2.24, 2.45) is 0 Å². The van der Waals surface area contributed by atoms with Crippen molar-refractivity contribution in [2.75, 3.05) is 11.9 Å². The molecule has 7 nitrogen and oxygen atoms in total. The second-order valence-electron chi connectivity index (χ2n) is 4.71. The third kappa shape index (κ3) is 3.13. The minimum atomic E-state index is -0.733. The summed E-state index contributed by atoms with van der Waals surface area (Å²) >= 11 is 5.97. The summed E-state index contributed by atoms with van der Waals surface area (Å²) in [6.07, 6.45) is 0.708. The molecule has 0 spiro atoms. The number of hydrogen-bond acceptors (Lipinski definition) is 5. The number of hydrogen-bond donors (Lipinski definition) is 1. The topological polar surface area (TPSA) is 92.6 Å². The number of halogens is 1. The van der Waals surface area contributed by atoms with Crippen LogP contribution in [0.4, 0.5) is 11.4 Å². The van der Waals surface area contributed by atoms with E-state index in [1.54, 1.807) is 0 Å². The zero-order valence-corrected chi connectivity index (χ0v) is 12.1. The Morgan fingerprint density at radius 2 is 2.19 bits per heavy atom. The van der Waals surface area contributed by atoms with Crippen molar-refractivity contribution in [3.8, 4) is 0 Å². The Morgan fingerprint density at radius 3 is 2.81 bits per heavy atom. The van der Waals surface area contributed by atoms with Crippen molar-refractivity contribution < 1.29 is 14.5 Å². The lowest BCUT2D eigenvalue weighted by atomic mass is 10.2. The number of carbonyl (C=O) groups is 2. The first-order valence-electron chi connectivity index (χ1n) is 6.48. The van der Waals surface area contributed by atoms with Crippen LogP contribution in [0.5, 0.6) is 0 Å². The minimum Gasteiger partial charge on any atom is -0.372 e. The number of nitrogens with zero attached hydrogens (tertiary/aromatic N) is 2. The Labute approximate surface area is 126 Å². The monoisotopic (exact) mass is 311 g/mol. The molecular weight excluding hydrogens is 298 g/mol. The third-order valence-corrected chi connectivity index (χ3v) is 3.51. The van der Waals surface area contributed by atoms with Crippen molar-refractivity contribution in [1.29, 1.82) is 0 Å². The summed E-state index contributed by atoms with van der Waals surface area (Å²) in [7, 11) is 0. The van der Waals surface area contributed by atoms with E-state index < -0.39 is 11.0 Å². The normalized spacial score (nSPS) is 18.2. The SMILES string of the molecule is CCCN1C(=O)CC(Nc2cc([N+](=O)[O-])ccc2Cl)C1=O. The molecule has 0 radical (unpaired) electrons. The van der Waals surface area contributed by atoms with Crippen LogP contribution in [-0.4, -0.2) is 34.2 Å². The van der Waals surface area contributed by atoms with E-state index in [9.17, 15) is 19.7 Å². The van der Waals surface area contributed by atoms with Crippen LogP contribution in [0.1, 0.15) is 19.8 Å². The molecule has 1 atom stereocenters. The molecule has 1 aromatic carbocycles. The third-order valence-electron chi connectivity index (χ3n) is 3.18. The number of likely N-dealkylation sites (tertiary alicyclic amines) is 1. The molecule has 0 saturated carbocycles. The highest BCUT2D eigenvalue weighted by Gasteiger charge is 2.38. The van der Waals surface area contributed by atoms with Crippen molar-refractivity contribution in [3.63, 3.8) is 0 Å². The van der Waals surface area contributed by atoms with E-state index >= 15 is 0 Å². The Bertz CT molecular complexity index is 605. The van der Waals surface area contributed by atoms with Gasteiger partial charge in [0, 0.05) is 18.7 Å². The van der Waals surface area contributed by atoms with Crippen LogP contribution in [0.3, 0.4) is 0 Å². The summed E-state index contributed by atoms with van der Waals surface area (Å²) in [5.74, 6) is -0.578. The summed E-state index contributed by atoms with van der Waals surface area (Å²) < 4.78 is 0. The highest BCUT2D eigenvalue weighted by Crippen LogP contribution is 2.29. The maximum absolute atomic E-state index is 12.1. The number of rotatable bonds is 5. The summed E-state index contributed by atoms with van der Waals surface area (Å²) in [6.45, 7) is 2.25. The van der Waals surface area contributed by atoms with Gasteiger partial charge < -0.3 is 5.32 Å². The van der Waals surface area contributed by atoms with Crippen LogP contribution in [0.25, 0.3) is 0 Å². The van der Waals surface area contributed by atoms with Gasteiger partial charge in [-0.1, -0.05) is 18.5 Å². The van der Waals surface area contributed by atoms with E-state index in [-0.39, 0.29) is 34.6 Å². The van der Waals surface area contributed by atoms with Crippen molar-refractivity contribution in [3.05, 3.63) is 33.3 Å². The number of non-ortho nitro benzene ring substituents is 1. The number of nitro groups is 1. The van der Waals surface area contributed by atoms with Crippen LogP contribution < -0.4 is 5.32 Å². The van der Waals surface area contributed by atoms with E-state index in [1.165, 1.54) is 23.1 Å². The molecule has 1 N–H and O–H groups in total. The Hall–Kier alpha value is -2.15. The molecule has 0 bridgehead atoms. The van der Waals surface area contributed by atoms with Crippen LogP contribution in [0, 0.1) is 10.1 Å². The van der Waals surface area contributed by atoms with Gasteiger partial charge in [0.25, 0.3) is 11.6 Å². The zero-order valence-electron chi connectivity index (χ0n) is 11.3. The molecule has 1 aliphatic heterocycles. The molecule has 2 rings (SSSR count). The summed E-state index contributed by atoms with van der Waals surface area (Å²) in [5, 5.41) is 13.8. The van der Waals surface area contributed by atoms with Crippen LogP contribution in [0.15, 0.2) is 18.2 Å². The smallest absolute Gasteiger partial charge is 0.271 e. The van der Waals surface area contributed by atoms with Gasteiger partial charge in [-0.3, -0.25) is 24.6 Å². The Morgan fingerprint density at radius 1 is 1.48 bits per heavy atom. The van der Waals surface area contributed by atoms with Crippen molar-refractivity contribution in [2.45, 2.75) is 25.8 Å². The van der Waals surface area contributed by atoms with E-state index in [1.807, 2.05) is 6.92 Å². The number of amides is 2. The lowest BCUT2D eigenvalue weighted by Gasteiger charge is -2.15. The van der Waals surface area contributed by atoms with Crippen molar-refractivity contribution in [1.82, 2.24) is 4.90 Å². The molecule has 21 heavy (non-hydrogen) atoms. The fourth-order valence-electron chi connectivity index (χ4n) is 2.18. The molecule has 1 saturated heterocycles. The first-order chi connectivity index (χ1) is 9.93. The summed E-state index contributed by atoms with van der Waals surface area (Å²) in [4.78, 5) is 35.3. The fraction of sp³-hybridized carbons (Fsp3) is 0.385. The number of benzene rings is 1. The molecule has 1 unspecified atom stereocenters. The molecule has 2 amide bonds. The molecular formula is C13H14ClN3O4. The minimum absolute atomic E-state index is 0.0256. The van der Waals surface area contributed by atoms with Gasteiger partial charge in [-0.25, -0.2) is 0 Å². The first kappa shape index (κ1) is 15.2. The number of nitro benzene ring substituents is 1. The maximum atomic E-state index is 12.1. The number of imide groups is 1. The zero-order chi connectivity index (χ0) is 15.6. The summed E-state index contributed by atoms with van der Waals surface area (Å²) in [6, 6.07) is 3.18. The standard InChI is InChI=1S/C13H14ClN3O4/c1-2-5-16-12(18)7-11(13(16)19)15-10-6-8(17(20)21)3-4-9(10)14/h3-4,6,11,15H,2,5,7H2,1H3. The molecule has 1 aliphatic rings. The van der Waals surface area contributed by atoms with Crippen LogP contribution in [-0.2, 0) is 9.59 Å². The predicted octanol–water partition coefficient (Wildman–Crippen LogP) is 2.20. The molecule has 1 heterocycles. The molecule has 0 aliphatic carbocycles. The Kier molecular flexibility index (Phi) is 4.42. The molecule has 1 aromatic rings. The largest absolute Gasteiger partial charge is 0.372 e. The maximum Gasteiger partial charge on any atom is 0.271 e. The fourth-order valence-corrected chi connectivity index (χ4v) is 2.35. The quantitative estimate of drug-likeness (QED) is 0.511. The van der Waals surface area contributed by atoms with Gasteiger partial charge in [0.1, 0.15) is 6.04 Å². The second-order valence-corrected chi connectivity index (χ2v) is 5.11. The number of carbonyl (C=O) groups excluding carboxylic acids is 2. The van der Waals surface area contributed by atoms with Gasteiger partial charge in [0.05, 0.1) is 22.1 Å². The molecule has 0 aromatic heterocycles. The molecule has 8 heteroatoms. The highest BCUT2D eigenvalue weighted by molar-refractivity contribution is 6.33. The summed E-state index contributed by atoms with van der Waals surface area (Å²) in [5.41, 5.74) is 0.138. The molecule has 112 valence electrons. The van der Waals surface area contributed by atoms with Crippen LogP contribution in [0.2, 0.25) is 5.02 Å². The highest BCUT2D eigenvalue weighted by atomic mass is 35.5. The first-order valence-corrected chi connectivity index (χ1v) is 6.86. The van der Waals surface area contributed by atoms with Crippen LogP contribution >= 0.6 is 11.6 Å². The number of nitrogens with one attached hydrogen (secondary N) is 1. The van der Waals surface area contributed by atoms with Gasteiger partial charge in [-0.05, 0) is 12.5 Å². The van der Waals surface area contributed by atoms with Gasteiger partial charge in [-0.15, -0.1) is 0 Å². The van der Waals surface area contributed by atoms with Gasteiger partial charge in [0.2, 0.25) is 5.91 Å². The van der Waals surface area contributed by atoms with Gasteiger partial charge >= 0.3 is 0 Å². The lowest BCUT2D eigenvalue weighted by molar-refractivity contribution is -0.384. The van der Waals surface area contributed by atoms with E-state index in [4.69, 9.17) is 11.6 Å².